The second-order valence-corrected chi connectivity index (χ2v) is 5.33. The van der Waals surface area contributed by atoms with Gasteiger partial charge in [-0.25, -0.2) is 0 Å². The van der Waals surface area contributed by atoms with Gasteiger partial charge in [-0.1, -0.05) is 30.9 Å². The third kappa shape index (κ3) is 3.34. The number of nitrogens with one attached hydrogen (secondary N) is 1. The van der Waals surface area contributed by atoms with Crippen LogP contribution in [0.15, 0.2) is 11.6 Å². The molecule has 2 aliphatic rings. The summed E-state index contributed by atoms with van der Waals surface area (Å²) in [5.41, 5.74) is 1.72. The summed E-state index contributed by atoms with van der Waals surface area (Å²) in [5, 5.41) is 3.51. The van der Waals surface area contributed by atoms with Crippen LogP contribution < -0.4 is 5.32 Å². The van der Waals surface area contributed by atoms with Gasteiger partial charge in [-0.05, 0) is 51.5 Å². The van der Waals surface area contributed by atoms with Crippen LogP contribution in [-0.2, 0) is 0 Å². The summed E-state index contributed by atoms with van der Waals surface area (Å²) in [6.07, 6.45) is 15.2. The highest BCUT2D eigenvalue weighted by Gasteiger charge is 2.21. The van der Waals surface area contributed by atoms with E-state index in [9.17, 15) is 0 Å². The van der Waals surface area contributed by atoms with Gasteiger partial charge in [0.05, 0.1) is 0 Å². The molecule has 2 rings (SSSR count). The molecule has 0 aromatic rings. The molecule has 0 amide bonds. The van der Waals surface area contributed by atoms with E-state index < -0.39 is 0 Å². The van der Waals surface area contributed by atoms with Crippen molar-refractivity contribution in [1.29, 1.82) is 0 Å². The lowest BCUT2D eigenvalue weighted by Gasteiger charge is -2.30. The van der Waals surface area contributed by atoms with Crippen LogP contribution in [0, 0.1) is 5.92 Å². The third-order valence-electron chi connectivity index (χ3n) is 4.14. The van der Waals surface area contributed by atoms with Crippen molar-refractivity contribution in [3.05, 3.63) is 11.6 Å². The lowest BCUT2D eigenvalue weighted by molar-refractivity contribution is 0.262. The van der Waals surface area contributed by atoms with Gasteiger partial charge in [0.15, 0.2) is 0 Å². The minimum Gasteiger partial charge on any atom is -0.317 e. The highest BCUT2D eigenvalue weighted by atomic mass is 14.9. The van der Waals surface area contributed by atoms with Gasteiger partial charge in [0.1, 0.15) is 0 Å². The molecule has 1 heteroatoms. The van der Waals surface area contributed by atoms with Crippen LogP contribution in [0.3, 0.4) is 0 Å². The van der Waals surface area contributed by atoms with Crippen LogP contribution >= 0.6 is 0 Å². The van der Waals surface area contributed by atoms with E-state index in [1.807, 2.05) is 0 Å². The third-order valence-corrected chi connectivity index (χ3v) is 4.14. The maximum absolute atomic E-state index is 3.51. The second kappa shape index (κ2) is 5.69. The van der Waals surface area contributed by atoms with Crippen molar-refractivity contribution in [2.45, 2.75) is 63.8 Å². The molecule has 15 heavy (non-hydrogen) atoms. The summed E-state index contributed by atoms with van der Waals surface area (Å²) < 4.78 is 0. The molecule has 0 spiro atoms. The van der Waals surface area contributed by atoms with Crippen molar-refractivity contribution < 1.29 is 0 Å². The van der Waals surface area contributed by atoms with Crippen LogP contribution in [-0.4, -0.2) is 13.1 Å². The van der Waals surface area contributed by atoms with Gasteiger partial charge in [-0.15, -0.1) is 0 Å². The molecule has 1 unspecified atom stereocenters. The number of hydrogen-bond donors (Lipinski definition) is 1. The highest BCUT2D eigenvalue weighted by Crippen LogP contribution is 2.32. The molecule has 1 N–H and O–H groups in total. The number of rotatable bonds is 5. The van der Waals surface area contributed by atoms with E-state index in [0.717, 1.165) is 12.0 Å². The van der Waals surface area contributed by atoms with Crippen LogP contribution in [0.2, 0.25) is 0 Å². The van der Waals surface area contributed by atoms with E-state index in [0.29, 0.717) is 0 Å². The largest absolute Gasteiger partial charge is 0.317 e. The smallest absolute Gasteiger partial charge is 0.0104 e. The Morgan fingerprint density at radius 2 is 2.20 bits per heavy atom. The summed E-state index contributed by atoms with van der Waals surface area (Å²) in [4.78, 5) is 0. The fourth-order valence-electron chi connectivity index (χ4n) is 2.84. The molecular formula is C14H25N. The Kier molecular flexibility index (Phi) is 4.25. The Hall–Kier alpha value is -0.300. The molecule has 86 valence electrons. The molecule has 1 saturated carbocycles. The molecule has 0 aromatic carbocycles. The Morgan fingerprint density at radius 1 is 1.33 bits per heavy atom. The number of allylic oxidation sites excluding steroid dienone is 1. The van der Waals surface area contributed by atoms with Crippen molar-refractivity contribution in [2.24, 2.45) is 5.92 Å². The zero-order chi connectivity index (χ0) is 10.5. The Balaban J connectivity index is 1.75. The molecule has 2 aliphatic carbocycles. The SMILES string of the molecule is CNC(CC1=CCCCC1)CC1CCC1. The van der Waals surface area contributed by atoms with E-state index >= 15 is 0 Å². The minimum atomic E-state index is 0.750. The summed E-state index contributed by atoms with van der Waals surface area (Å²) in [6.45, 7) is 0. The molecule has 0 bridgehead atoms. The fraction of sp³-hybridized carbons (Fsp3) is 0.857. The van der Waals surface area contributed by atoms with Gasteiger partial charge >= 0.3 is 0 Å². The predicted octanol–water partition coefficient (Wildman–Crippen LogP) is 3.66. The monoisotopic (exact) mass is 207 g/mol. The fourth-order valence-corrected chi connectivity index (χ4v) is 2.84. The average Bonchev–Trinajstić information content (AvgIpc) is 2.23. The highest BCUT2D eigenvalue weighted by molar-refractivity contribution is 5.07. The Labute approximate surface area is 94.3 Å². The van der Waals surface area contributed by atoms with E-state index in [-0.39, 0.29) is 0 Å². The van der Waals surface area contributed by atoms with E-state index in [2.05, 4.69) is 18.4 Å². The van der Waals surface area contributed by atoms with Crippen LogP contribution in [0.5, 0.6) is 0 Å². The second-order valence-electron chi connectivity index (χ2n) is 5.33. The zero-order valence-electron chi connectivity index (χ0n) is 10.1. The maximum atomic E-state index is 3.51. The van der Waals surface area contributed by atoms with Crippen molar-refractivity contribution in [3.63, 3.8) is 0 Å². The van der Waals surface area contributed by atoms with Gasteiger partial charge in [0.2, 0.25) is 0 Å². The molecule has 0 aliphatic heterocycles. The van der Waals surface area contributed by atoms with Gasteiger partial charge < -0.3 is 5.32 Å². The van der Waals surface area contributed by atoms with Crippen molar-refractivity contribution >= 4 is 0 Å². The molecule has 0 radical (unpaired) electrons. The van der Waals surface area contributed by atoms with Gasteiger partial charge in [0.25, 0.3) is 0 Å². The van der Waals surface area contributed by atoms with E-state index in [1.54, 1.807) is 5.57 Å². The van der Waals surface area contributed by atoms with Gasteiger partial charge in [-0.3, -0.25) is 0 Å². The summed E-state index contributed by atoms with van der Waals surface area (Å²) in [6, 6.07) is 0.750. The molecule has 0 saturated heterocycles. The summed E-state index contributed by atoms with van der Waals surface area (Å²) in [5.74, 6) is 1.03. The Bertz CT molecular complexity index is 215. The molecule has 0 aromatic heterocycles. The predicted molar refractivity (Wildman–Crippen MR) is 66.0 cm³/mol. The van der Waals surface area contributed by atoms with Crippen LogP contribution in [0.1, 0.15) is 57.8 Å². The lowest BCUT2D eigenvalue weighted by atomic mass is 9.79. The van der Waals surface area contributed by atoms with Crippen LogP contribution in [0.25, 0.3) is 0 Å². The zero-order valence-corrected chi connectivity index (χ0v) is 10.1. The Morgan fingerprint density at radius 3 is 2.73 bits per heavy atom. The van der Waals surface area contributed by atoms with E-state index in [4.69, 9.17) is 0 Å². The first-order chi connectivity index (χ1) is 7.38. The topological polar surface area (TPSA) is 12.0 Å². The van der Waals surface area contributed by atoms with Crippen molar-refractivity contribution in [2.75, 3.05) is 7.05 Å². The molecule has 1 nitrogen and oxygen atoms in total. The standard InChI is InChI=1S/C14H25N/c1-15-14(11-13-8-5-9-13)10-12-6-3-2-4-7-12/h6,13-15H,2-5,7-11H2,1H3. The van der Waals surface area contributed by atoms with Gasteiger partial charge in [-0.2, -0.15) is 0 Å². The van der Waals surface area contributed by atoms with E-state index in [1.165, 1.54) is 57.8 Å². The first-order valence-corrected chi connectivity index (χ1v) is 6.73. The molecule has 1 fully saturated rings. The molecule has 0 heterocycles. The number of hydrogen-bond acceptors (Lipinski definition) is 1. The van der Waals surface area contributed by atoms with Crippen LogP contribution in [0.4, 0.5) is 0 Å². The molecule has 1 atom stereocenters. The minimum absolute atomic E-state index is 0.750. The summed E-state index contributed by atoms with van der Waals surface area (Å²) >= 11 is 0. The maximum Gasteiger partial charge on any atom is 0.0104 e. The van der Waals surface area contributed by atoms with Gasteiger partial charge in [0, 0.05) is 6.04 Å². The normalized spacial score (nSPS) is 24.5. The quantitative estimate of drug-likeness (QED) is 0.678. The average molecular weight is 207 g/mol. The van der Waals surface area contributed by atoms with Crippen molar-refractivity contribution in [3.8, 4) is 0 Å². The first kappa shape index (κ1) is 11.2. The van der Waals surface area contributed by atoms with Crippen molar-refractivity contribution in [1.82, 2.24) is 5.32 Å². The summed E-state index contributed by atoms with van der Waals surface area (Å²) in [7, 11) is 2.13. The first-order valence-electron chi connectivity index (χ1n) is 6.73. The molecular weight excluding hydrogens is 182 g/mol. The lowest BCUT2D eigenvalue weighted by Crippen LogP contribution is -2.30.